The summed E-state index contributed by atoms with van der Waals surface area (Å²) in [7, 11) is -1.10. The van der Waals surface area contributed by atoms with Crippen molar-refractivity contribution < 1.29 is 9.32 Å². The Bertz CT molecular complexity index is 979. The molecule has 9 heteroatoms. The van der Waals surface area contributed by atoms with Gasteiger partial charge in [0.05, 0.1) is 29.1 Å². The molecule has 31 heavy (non-hydrogen) atoms. The number of fused-ring (bicyclic) bond motifs is 1. The first-order valence-corrected chi connectivity index (χ1v) is 12.5. The zero-order valence-electron chi connectivity index (χ0n) is 18.3. The van der Waals surface area contributed by atoms with Crippen LogP contribution in [0.5, 0.6) is 0 Å². The molecule has 2 N–H and O–H groups in total. The van der Waals surface area contributed by atoms with Crippen molar-refractivity contribution in [3.8, 4) is 0 Å². The number of benzene rings is 1. The van der Waals surface area contributed by atoms with E-state index in [9.17, 15) is 9.32 Å². The lowest BCUT2D eigenvalue weighted by Gasteiger charge is -2.37. The van der Waals surface area contributed by atoms with Gasteiger partial charge in [-0.1, -0.05) is 25.4 Å². The monoisotopic (exact) mass is 463 g/mol. The maximum atomic E-state index is 12.6. The highest BCUT2D eigenvalue weighted by Crippen LogP contribution is 2.31. The van der Waals surface area contributed by atoms with Crippen molar-refractivity contribution in [2.24, 2.45) is 5.92 Å². The molecule has 0 radical (unpaired) electrons. The highest BCUT2D eigenvalue weighted by molar-refractivity contribution is 7.85. The molecule has 0 spiro atoms. The van der Waals surface area contributed by atoms with Crippen LogP contribution in [0.4, 0.5) is 17.5 Å². The number of aliphatic hydroxyl groups is 1. The molecule has 1 aromatic carbocycles. The van der Waals surface area contributed by atoms with Crippen molar-refractivity contribution in [2.75, 3.05) is 53.7 Å². The van der Waals surface area contributed by atoms with Crippen LogP contribution in [0, 0.1) is 12.8 Å². The van der Waals surface area contributed by atoms with Crippen molar-refractivity contribution in [1.29, 1.82) is 0 Å². The number of aliphatic hydroxyl groups excluding tert-OH is 1. The molecule has 0 saturated carbocycles. The molecular weight excluding hydrogens is 434 g/mol. The fraction of sp³-hybridized carbons (Fsp3) is 0.545. The van der Waals surface area contributed by atoms with Crippen LogP contribution in [0.1, 0.15) is 25.1 Å². The van der Waals surface area contributed by atoms with Crippen LogP contribution in [-0.4, -0.2) is 63.9 Å². The first kappa shape index (κ1) is 22.3. The summed E-state index contributed by atoms with van der Waals surface area (Å²) in [5, 5.41) is 13.9. The van der Waals surface area contributed by atoms with Gasteiger partial charge >= 0.3 is 0 Å². The Morgan fingerprint density at radius 1 is 1.19 bits per heavy atom. The SMILES string of the molecule is Cc1cc(Cl)ccc1N1CCN(c2nc3c(c(NC(CO)C(C)C)n2)[S@](=O)CC3)CC1. The van der Waals surface area contributed by atoms with E-state index in [0.717, 1.165) is 36.9 Å². The van der Waals surface area contributed by atoms with Gasteiger partial charge in [-0.2, -0.15) is 4.98 Å². The van der Waals surface area contributed by atoms with E-state index in [1.165, 1.54) is 11.3 Å². The molecule has 1 unspecified atom stereocenters. The van der Waals surface area contributed by atoms with Gasteiger partial charge in [0.15, 0.2) is 0 Å². The average Bonchev–Trinajstić information content (AvgIpc) is 3.13. The Labute approximate surface area is 191 Å². The van der Waals surface area contributed by atoms with Gasteiger partial charge in [-0.25, -0.2) is 4.98 Å². The molecule has 0 amide bonds. The summed E-state index contributed by atoms with van der Waals surface area (Å²) in [6.45, 7) is 9.51. The Balaban J connectivity index is 1.55. The molecule has 2 aliphatic rings. The Kier molecular flexibility index (Phi) is 6.69. The lowest BCUT2D eigenvalue weighted by Crippen LogP contribution is -2.47. The molecule has 1 saturated heterocycles. The highest BCUT2D eigenvalue weighted by Gasteiger charge is 2.29. The predicted octanol–water partition coefficient (Wildman–Crippen LogP) is 2.86. The summed E-state index contributed by atoms with van der Waals surface area (Å²) < 4.78 is 12.6. The minimum absolute atomic E-state index is 0.00245. The molecule has 4 rings (SSSR count). The molecular formula is C22H30ClN5O2S. The van der Waals surface area contributed by atoms with Gasteiger partial charge in [-0.3, -0.25) is 4.21 Å². The largest absolute Gasteiger partial charge is 0.394 e. The molecule has 1 aromatic heterocycles. The average molecular weight is 464 g/mol. The number of nitrogens with zero attached hydrogens (tertiary/aromatic N) is 4. The molecule has 168 valence electrons. The Morgan fingerprint density at radius 3 is 2.55 bits per heavy atom. The Hall–Kier alpha value is -1.90. The van der Waals surface area contributed by atoms with Gasteiger partial charge in [0, 0.05) is 49.1 Å². The maximum Gasteiger partial charge on any atom is 0.227 e. The zero-order valence-corrected chi connectivity index (χ0v) is 19.8. The summed E-state index contributed by atoms with van der Waals surface area (Å²) in [5.41, 5.74) is 3.24. The molecule has 2 aromatic rings. The molecule has 7 nitrogen and oxygen atoms in total. The third-order valence-corrected chi connectivity index (χ3v) is 7.76. The van der Waals surface area contributed by atoms with Gasteiger partial charge in [-0.05, 0) is 36.6 Å². The van der Waals surface area contributed by atoms with E-state index in [0.29, 0.717) is 28.8 Å². The van der Waals surface area contributed by atoms with Gasteiger partial charge in [0.25, 0.3) is 0 Å². The number of rotatable bonds is 6. The quantitative estimate of drug-likeness (QED) is 0.681. The van der Waals surface area contributed by atoms with E-state index in [2.05, 4.69) is 28.1 Å². The third-order valence-electron chi connectivity index (χ3n) is 6.06. The normalized spacial score (nSPS) is 19.6. The second-order valence-corrected chi connectivity index (χ2v) is 10.5. The van der Waals surface area contributed by atoms with E-state index >= 15 is 0 Å². The van der Waals surface area contributed by atoms with Crippen LogP contribution in [0.15, 0.2) is 23.1 Å². The lowest BCUT2D eigenvalue weighted by molar-refractivity contribution is 0.249. The highest BCUT2D eigenvalue weighted by atomic mass is 35.5. The second-order valence-electron chi connectivity index (χ2n) is 8.53. The number of aryl methyl sites for hydroxylation is 2. The first-order chi connectivity index (χ1) is 14.9. The summed E-state index contributed by atoms with van der Waals surface area (Å²) in [5.74, 6) is 2.09. The van der Waals surface area contributed by atoms with Crippen molar-refractivity contribution in [3.05, 3.63) is 34.5 Å². The number of anilines is 3. The number of nitrogens with one attached hydrogen (secondary N) is 1. The van der Waals surface area contributed by atoms with E-state index in [1.54, 1.807) is 0 Å². The fourth-order valence-electron chi connectivity index (χ4n) is 4.14. The van der Waals surface area contributed by atoms with Gasteiger partial charge in [0.1, 0.15) is 10.7 Å². The van der Waals surface area contributed by atoms with Crippen LogP contribution < -0.4 is 15.1 Å². The molecule has 3 heterocycles. The van der Waals surface area contributed by atoms with E-state index in [-0.39, 0.29) is 18.6 Å². The van der Waals surface area contributed by atoms with E-state index in [4.69, 9.17) is 21.6 Å². The van der Waals surface area contributed by atoms with Crippen LogP contribution in [0.25, 0.3) is 0 Å². The van der Waals surface area contributed by atoms with Crippen LogP contribution in [0.3, 0.4) is 0 Å². The lowest BCUT2D eigenvalue weighted by atomic mass is 10.1. The molecule has 2 aliphatic heterocycles. The van der Waals surface area contributed by atoms with E-state index < -0.39 is 10.8 Å². The Morgan fingerprint density at radius 2 is 1.90 bits per heavy atom. The second kappa shape index (κ2) is 9.30. The molecule has 2 atom stereocenters. The summed E-state index contributed by atoms with van der Waals surface area (Å²) in [4.78, 5) is 14.8. The van der Waals surface area contributed by atoms with Crippen molar-refractivity contribution in [3.63, 3.8) is 0 Å². The fourth-order valence-corrected chi connectivity index (χ4v) is 5.68. The van der Waals surface area contributed by atoms with Crippen LogP contribution >= 0.6 is 11.6 Å². The molecule has 1 fully saturated rings. The number of hydrogen-bond acceptors (Lipinski definition) is 7. The zero-order chi connectivity index (χ0) is 22.1. The van der Waals surface area contributed by atoms with Crippen molar-refractivity contribution in [2.45, 2.75) is 38.1 Å². The first-order valence-electron chi connectivity index (χ1n) is 10.8. The van der Waals surface area contributed by atoms with Crippen LogP contribution in [0.2, 0.25) is 5.02 Å². The van der Waals surface area contributed by atoms with Gasteiger partial charge < -0.3 is 20.2 Å². The third kappa shape index (κ3) is 4.66. The minimum Gasteiger partial charge on any atom is -0.394 e. The van der Waals surface area contributed by atoms with Crippen LogP contribution in [-0.2, 0) is 17.2 Å². The summed E-state index contributed by atoms with van der Waals surface area (Å²) >= 11 is 6.11. The van der Waals surface area contributed by atoms with Crippen molar-refractivity contribution >= 4 is 39.9 Å². The topological polar surface area (TPSA) is 81.6 Å². The summed E-state index contributed by atoms with van der Waals surface area (Å²) in [6.07, 6.45) is 0.696. The predicted molar refractivity (Wildman–Crippen MR) is 127 cm³/mol. The minimum atomic E-state index is -1.10. The number of piperazine rings is 1. The molecule has 0 aliphatic carbocycles. The maximum absolute atomic E-state index is 12.6. The standard InChI is InChI=1S/C22H30ClN5O2S/c1-14(2)18(13-29)24-21-20-17(6-11-31(20)30)25-22(26-21)28-9-7-27(8-10-28)19-5-4-16(23)12-15(19)3/h4-5,12,14,18,29H,6-11,13H2,1-3H3,(H,24,25,26)/t18?,31-/m1/s1. The van der Waals surface area contributed by atoms with Gasteiger partial charge in [-0.15, -0.1) is 0 Å². The number of halogens is 1. The van der Waals surface area contributed by atoms with Crippen molar-refractivity contribution in [1.82, 2.24) is 9.97 Å². The number of hydrogen-bond donors (Lipinski definition) is 2. The summed E-state index contributed by atoms with van der Waals surface area (Å²) in [6, 6.07) is 5.87. The number of aromatic nitrogens is 2. The smallest absolute Gasteiger partial charge is 0.227 e. The molecule has 0 bridgehead atoms. The van der Waals surface area contributed by atoms with Gasteiger partial charge in [0.2, 0.25) is 5.95 Å². The van der Waals surface area contributed by atoms with E-state index in [1.807, 2.05) is 26.0 Å².